The van der Waals surface area contributed by atoms with Crippen molar-refractivity contribution in [1.82, 2.24) is 10.2 Å². The lowest BCUT2D eigenvalue weighted by Crippen LogP contribution is -2.53. The van der Waals surface area contributed by atoms with Gasteiger partial charge < -0.3 is 14.8 Å². The van der Waals surface area contributed by atoms with Crippen LogP contribution < -0.4 is 5.32 Å². The lowest BCUT2D eigenvalue weighted by Gasteiger charge is -2.38. The normalized spacial score (nSPS) is 20.9. The van der Waals surface area contributed by atoms with E-state index >= 15 is 0 Å². The number of carboxylic acids is 1. The van der Waals surface area contributed by atoms with Crippen LogP contribution in [0.4, 0.5) is 0 Å². The molecular weight excluding hydrogens is 292 g/mol. The van der Waals surface area contributed by atoms with Crippen molar-refractivity contribution >= 4 is 23.6 Å². The first kappa shape index (κ1) is 15.9. The van der Waals surface area contributed by atoms with E-state index in [0.29, 0.717) is 12.3 Å². The Morgan fingerprint density at radius 3 is 3.10 bits per heavy atom. The molecule has 0 aromatic carbocycles. The number of nitrogens with one attached hydrogen (secondary N) is 1. The zero-order valence-electron chi connectivity index (χ0n) is 11.9. The molecular formula is C14H20N2O4S. The summed E-state index contributed by atoms with van der Waals surface area (Å²) in [5.74, 6) is 1.45. The smallest absolute Gasteiger partial charge is 0.304 e. The average Bonchev–Trinajstić information content (AvgIpc) is 2.97. The van der Waals surface area contributed by atoms with Gasteiger partial charge in [-0.25, -0.2) is 0 Å². The van der Waals surface area contributed by atoms with E-state index in [4.69, 9.17) is 9.52 Å². The van der Waals surface area contributed by atoms with Gasteiger partial charge in [0.05, 0.1) is 25.3 Å². The minimum Gasteiger partial charge on any atom is -0.481 e. The largest absolute Gasteiger partial charge is 0.481 e. The predicted octanol–water partition coefficient (Wildman–Crippen LogP) is 1.18. The van der Waals surface area contributed by atoms with Crippen molar-refractivity contribution in [2.24, 2.45) is 0 Å². The third-order valence-electron chi connectivity index (χ3n) is 3.58. The van der Waals surface area contributed by atoms with Crippen molar-refractivity contribution < 1.29 is 19.1 Å². The van der Waals surface area contributed by atoms with E-state index in [-0.39, 0.29) is 24.4 Å². The minimum atomic E-state index is -0.823. The molecule has 116 valence electrons. The standard InChI is InChI=1S/C14H20N2O4S/c1-10(14(19)15-8-12-3-2-5-20-12)16-4-6-21-9-11(16)7-13(17)18/h2-3,5,10-11H,4,6-9H2,1H3,(H,15,19)(H,17,18). The van der Waals surface area contributed by atoms with Crippen LogP contribution in [0.25, 0.3) is 0 Å². The topological polar surface area (TPSA) is 82.8 Å². The Kier molecular flexibility index (Phi) is 5.69. The zero-order chi connectivity index (χ0) is 15.2. The molecule has 2 unspecified atom stereocenters. The Morgan fingerprint density at radius 1 is 1.62 bits per heavy atom. The van der Waals surface area contributed by atoms with Crippen LogP contribution in [-0.4, -0.2) is 52.0 Å². The summed E-state index contributed by atoms with van der Waals surface area (Å²) in [7, 11) is 0. The molecule has 0 radical (unpaired) electrons. The Bertz CT molecular complexity index is 477. The molecule has 1 saturated heterocycles. The monoisotopic (exact) mass is 312 g/mol. The Labute approximate surface area is 127 Å². The number of carbonyl (C=O) groups excluding carboxylic acids is 1. The number of aliphatic carboxylic acids is 1. The highest BCUT2D eigenvalue weighted by Crippen LogP contribution is 2.21. The first-order valence-electron chi connectivity index (χ1n) is 6.93. The molecule has 1 aromatic heterocycles. The summed E-state index contributed by atoms with van der Waals surface area (Å²) in [6, 6.07) is 3.14. The van der Waals surface area contributed by atoms with Crippen molar-refractivity contribution in [2.75, 3.05) is 18.1 Å². The molecule has 0 aliphatic carbocycles. The highest BCUT2D eigenvalue weighted by molar-refractivity contribution is 7.99. The number of nitrogens with zero attached hydrogens (tertiary/aromatic N) is 1. The van der Waals surface area contributed by atoms with Gasteiger partial charge in [0, 0.05) is 24.1 Å². The van der Waals surface area contributed by atoms with E-state index < -0.39 is 5.97 Å². The molecule has 7 heteroatoms. The first-order chi connectivity index (χ1) is 10.1. The molecule has 0 bridgehead atoms. The minimum absolute atomic E-state index is 0.0722. The number of carboxylic acid groups (broad SMARTS) is 1. The van der Waals surface area contributed by atoms with E-state index in [0.717, 1.165) is 18.1 Å². The van der Waals surface area contributed by atoms with Gasteiger partial charge in [0.15, 0.2) is 0 Å². The fraction of sp³-hybridized carbons (Fsp3) is 0.571. The Hall–Kier alpha value is -1.47. The number of carbonyl (C=O) groups is 2. The summed E-state index contributed by atoms with van der Waals surface area (Å²) >= 11 is 1.74. The van der Waals surface area contributed by atoms with Gasteiger partial charge in [-0.1, -0.05) is 0 Å². The number of rotatable bonds is 6. The van der Waals surface area contributed by atoms with Crippen LogP contribution >= 0.6 is 11.8 Å². The lowest BCUT2D eigenvalue weighted by molar-refractivity contribution is -0.139. The molecule has 2 heterocycles. The summed E-state index contributed by atoms with van der Waals surface area (Å²) in [6.45, 7) is 2.91. The van der Waals surface area contributed by atoms with E-state index in [2.05, 4.69) is 5.32 Å². The first-order valence-corrected chi connectivity index (χ1v) is 8.08. The predicted molar refractivity (Wildman–Crippen MR) is 80.1 cm³/mol. The fourth-order valence-corrected chi connectivity index (χ4v) is 3.53. The van der Waals surface area contributed by atoms with Crippen molar-refractivity contribution in [3.63, 3.8) is 0 Å². The van der Waals surface area contributed by atoms with Crippen LogP contribution in [0.1, 0.15) is 19.1 Å². The average molecular weight is 312 g/mol. The maximum Gasteiger partial charge on any atom is 0.304 e. The second kappa shape index (κ2) is 7.51. The van der Waals surface area contributed by atoms with Crippen LogP contribution in [0, 0.1) is 0 Å². The van der Waals surface area contributed by atoms with Gasteiger partial charge in [-0.05, 0) is 19.1 Å². The van der Waals surface area contributed by atoms with Crippen LogP contribution in [0.3, 0.4) is 0 Å². The lowest BCUT2D eigenvalue weighted by atomic mass is 10.1. The fourth-order valence-electron chi connectivity index (χ4n) is 2.44. The maximum atomic E-state index is 12.2. The van der Waals surface area contributed by atoms with Gasteiger partial charge in [0.1, 0.15) is 5.76 Å². The highest BCUT2D eigenvalue weighted by Gasteiger charge is 2.31. The van der Waals surface area contributed by atoms with Crippen molar-refractivity contribution in [3.05, 3.63) is 24.2 Å². The molecule has 2 N–H and O–H groups in total. The molecule has 2 rings (SSSR count). The molecule has 1 fully saturated rings. The van der Waals surface area contributed by atoms with E-state index in [9.17, 15) is 9.59 Å². The summed E-state index contributed by atoms with van der Waals surface area (Å²) in [6.07, 6.45) is 1.64. The van der Waals surface area contributed by atoms with E-state index in [1.165, 1.54) is 0 Å². The van der Waals surface area contributed by atoms with Gasteiger partial charge in [-0.3, -0.25) is 14.5 Å². The molecule has 0 spiro atoms. The second-order valence-electron chi connectivity index (χ2n) is 5.04. The maximum absolute atomic E-state index is 12.2. The zero-order valence-corrected chi connectivity index (χ0v) is 12.8. The summed E-state index contributed by atoms with van der Waals surface area (Å²) in [5.41, 5.74) is 0. The molecule has 6 nitrogen and oxygen atoms in total. The molecule has 1 aromatic rings. The van der Waals surface area contributed by atoms with Crippen LogP contribution in [0.5, 0.6) is 0 Å². The SMILES string of the molecule is CC(C(=O)NCc1ccco1)N1CCSCC1CC(=O)O. The van der Waals surface area contributed by atoms with Crippen LogP contribution in [0.15, 0.2) is 22.8 Å². The molecule has 1 amide bonds. The molecule has 1 aliphatic rings. The highest BCUT2D eigenvalue weighted by atomic mass is 32.2. The van der Waals surface area contributed by atoms with E-state index in [1.54, 1.807) is 30.2 Å². The number of hydrogen-bond donors (Lipinski definition) is 2. The molecule has 1 aliphatic heterocycles. The number of furan rings is 1. The Morgan fingerprint density at radius 2 is 2.43 bits per heavy atom. The molecule has 0 saturated carbocycles. The van der Waals surface area contributed by atoms with E-state index in [1.807, 2.05) is 11.8 Å². The molecule has 2 atom stereocenters. The Balaban J connectivity index is 1.90. The third kappa shape index (κ3) is 4.50. The second-order valence-corrected chi connectivity index (χ2v) is 6.19. The van der Waals surface area contributed by atoms with Crippen LogP contribution in [-0.2, 0) is 16.1 Å². The summed E-state index contributed by atoms with van der Waals surface area (Å²) in [4.78, 5) is 25.1. The number of hydrogen-bond acceptors (Lipinski definition) is 5. The van der Waals surface area contributed by atoms with Gasteiger partial charge in [0.25, 0.3) is 0 Å². The number of thioether (sulfide) groups is 1. The van der Waals surface area contributed by atoms with Gasteiger partial charge in [0.2, 0.25) is 5.91 Å². The third-order valence-corrected chi connectivity index (χ3v) is 4.67. The number of amides is 1. The summed E-state index contributed by atoms with van der Waals surface area (Å²) in [5, 5.41) is 11.8. The quantitative estimate of drug-likeness (QED) is 0.821. The van der Waals surface area contributed by atoms with Crippen LogP contribution in [0.2, 0.25) is 0 Å². The molecule has 21 heavy (non-hydrogen) atoms. The summed E-state index contributed by atoms with van der Waals surface area (Å²) < 4.78 is 5.17. The van der Waals surface area contributed by atoms with Gasteiger partial charge in [-0.2, -0.15) is 11.8 Å². The van der Waals surface area contributed by atoms with Crippen molar-refractivity contribution in [2.45, 2.75) is 32.0 Å². The van der Waals surface area contributed by atoms with Crippen molar-refractivity contribution in [3.8, 4) is 0 Å². The van der Waals surface area contributed by atoms with Gasteiger partial charge >= 0.3 is 5.97 Å². The van der Waals surface area contributed by atoms with Crippen molar-refractivity contribution in [1.29, 1.82) is 0 Å². The van der Waals surface area contributed by atoms with Gasteiger partial charge in [-0.15, -0.1) is 0 Å².